The van der Waals surface area contributed by atoms with E-state index in [0.29, 0.717) is 0 Å². The van der Waals surface area contributed by atoms with E-state index in [1.165, 1.54) is 41.6 Å². The van der Waals surface area contributed by atoms with Crippen molar-refractivity contribution in [2.75, 3.05) is 23.3 Å². The minimum atomic E-state index is 0.863. The summed E-state index contributed by atoms with van der Waals surface area (Å²) in [6.07, 6.45) is 6.63. The Kier molecular flexibility index (Phi) is 5.37. The molecule has 1 N–H and O–H groups in total. The summed E-state index contributed by atoms with van der Waals surface area (Å²) in [6.45, 7) is 4.50. The van der Waals surface area contributed by atoms with Gasteiger partial charge in [-0.3, -0.25) is 0 Å². The van der Waals surface area contributed by atoms with Gasteiger partial charge in [0.25, 0.3) is 0 Å². The lowest BCUT2D eigenvalue weighted by molar-refractivity contribution is 0.578. The number of thiophene rings is 1. The number of benzene rings is 2. The molecule has 0 aliphatic carbocycles. The summed E-state index contributed by atoms with van der Waals surface area (Å²) in [6, 6.07) is 17.5. The van der Waals surface area contributed by atoms with Crippen molar-refractivity contribution in [2.45, 2.75) is 32.6 Å². The summed E-state index contributed by atoms with van der Waals surface area (Å²) in [5.74, 6) is 0.863. The summed E-state index contributed by atoms with van der Waals surface area (Å²) in [5.41, 5.74) is 6.10. The highest BCUT2D eigenvalue weighted by Crippen LogP contribution is 2.37. The molecule has 1 aliphatic heterocycles. The second kappa shape index (κ2) is 8.44. The molecule has 0 bridgehead atoms. The fourth-order valence-electron chi connectivity index (χ4n) is 4.15. The third kappa shape index (κ3) is 3.77. The number of aryl methyl sites for hydroxylation is 1. The predicted molar refractivity (Wildman–Crippen MR) is 128 cm³/mol. The highest BCUT2D eigenvalue weighted by atomic mass is 32.1. The molecule has 0 unspecified atom stereocenters. The molecule has 0 atom stereocenters. The van der Waals surface area contributed by atoms with Crippen molar-refractivity contribution < 1.29 is 0 Å². The Bertz CT molecular complexity index is 1130. The SMILES string of the molecule is CCc1ccc(-c2csc3ncnc(Nc4ccc(N5CCCCC5)cc4)c23)cc1. The molecule has 2 aromatic heterocycles. The average molecular weight is 415 g/mol. The maximum atomic E-state index is 4.58. The third-order valence-corrected chi connectivity index (χ3v) is 6.78. The summed E-state index contributed by atoms with van der Waals surface area (Å²) in [7, 11) is 0. The van der Waals surface area contributed by atoms with E-state index in [1.807, 2.05) is 0 Å². The van der Waals surface area contributed by atoms with Gasteiger partial charge in [-0.1, -0.05) is 31.2 Å². The second-order valence-electron chi connectivity index (χ2n) is 7.82. The first kappa shape index (κ1) is 19.1. The van der Waals surface area contributed by atoms with Crippen LogP contribution in [0.3, 0.4) is 0 Å². The van der Waals surface area contributed by atoms with Gasteiger partial charge >= 0.3 is 0 Å². The van der Waals surface area contributed by atoms with Gasteiger partial charge in [-0.2, -0.15) is 0 Å². The Labute approximate surface area is 181 Å². The quantitative estimate of drug-likeness (QED) is 0.397. The van der Waals surface area contributed by atoms with Crippen molar-refractivity contribution in [3.63, 3.8) is 0 Å². The monoisotopic (exact) mass is 414 g/mol. The van der Waals surface area contributed by atoms with Gasteiger partial charge in [0.2, 0.25) is 0 Å². The molecule has 1 aliphatic rings. The average Bonchev–Trinajstić information content (AvgIpc) is 3.25. The number of nitrogens with one attached hydrogen (secondary N) is 1. The van der Waals surface area contributed by atoms with Gasteiger partial charge in [-0.15, -0.1) is 11.3 Å². The minimum absolute atomic E-state index is 0.863. The molecule has 2 aromatic carbocycles. The van der Waals surface area contributed by atoms with Crippen LogP contribution >= 0.6 is 11.3 Å². The molecule has 0 radical (unpaired) electrons. The standard InChI is InChI=1S/C25H26N4S/c1-2-18-6-8-19(9-7-18)22-16-30-25-23(22)24(26-17-27-25)28-20-10-12-21(13-11-20)29-14-4-3-5-15-29/h6-13,16-17H,2-5,14-15H2,1H3,(H,26,27,28). The van der Waals surface area contributed by atoms with Crippen LogP contribution < -0.4 is 10.2 Å². The topological polar surface area (TPSA) is 41.1 Å². The first-order valence-electron chi connectivity index (χ1n) is 10.8. The maximum Gasteiger partial charge on any atom is 0.143 e. The van der Waals surface area contributed by atoms with Crippen LogP contribution in [-0.4, -0.2) is 23.1 Å². The normalized spacial score (nSPS) is 14.2. The van der Waals surface area contributed by atoms with Crippen molar-refractivity contribution in [3.8, 4) is 11.1 Å². The van der Waals surface area contributed by atoms with E-state index >= 15 is 0 Å². The fourth-order valence-corrected chi connectivity index (χ4v) is 5.06. The summed E-state index contributed by atoms with van der Waals surface area (Å²) in [4.78, 5) is 12.6. The Morgan fingerprint density at radius 2 is 1.70 bits per heavy atom. The molecule has 1 saturated heterocycles. The van der Waals surface area contributed by atoms with E-state index in [0.717, 1.165) is 41.2 Å². The zero-order chi connectivity index (χ0) is 20.3. The van der Waals surface area contributed by atoms with Crippen LogP contribution in [0.25, 0.3) is 21.3 Å². The van der Waals surface area contributed by atoms with Crippen LogP contribution in [0.5, 0.6) is 0 Å². The lowest BCUT2D eigenvalue weighted by Crippen LogP contribution is -2.29. The van der Waals surface area contributed by atoms with Crippen LogP contribution in [0, 0.1) is 0 Å². The van der Waals surface area contributed by atoms with Crippen LogP contribution in [0.1, 0.15) is 31.7 Å². The molecule has 4 nitrogen and oxygen atoms in total. The van der Waals surface area contributed by atoms with Crippen molar-refractivity contribution in [3.05, 3.63) is 65.8 Å². The number of nitrogens with zero attached hydrogens (tertiary/aromatic N) is 3. The molecule has 30 heavy (non-hydrogen) atoms. The summed E-state index contributed by atoms with van der Waals surface area (Å²) in [5, 5.41) is 6.81. The lowest BCUT2D eigenvalue weighted by Gasteiger charge is -2.28. The van der Waals surface area contributed by atoms with Gasteiger partial charge in [-0.25, -0.2) is 9.97 Å². The molecular weight excluding hydrogens is 388 g/mol. The largest absolute Gasteiger partial charge is 0.372 e. The highest BCUT2D eigenvalue weighted by Gasteiger charge is 2.14. The first-order valence-corrected chi connectivity index (χ1v) is 11.6. The van der Waals surface area contributed by atoms with E-state index in [1.54, 1.807) is 17.7 Å². The van der Waals surface area contributed by atoms with Crippen LogP contribution in [0.15, 0.2) is 60.2 Å². The van der Waals surface area contributed by atoms with Crippen molar-refractivity contribution in [1.29, 1.82) is 0 Å². The van der Waals surface area contributed by atoms with Crippen molar-refractivity contribution >= 4 is 38.7 Å². The van der Waals surface area contributed by atoms with Crippen LogP contribution in [0.2, 0.25) is 0 Å². The highest BCUT2D eigenvalue weighted by molar-refractivity contribution is 7.17. The van der Waals surface area contributed by atoms with Crippen molar-refractivity contribution in [2.24, 2.45) is 0 Å². The van der Waals surface area contributed by atoms with E-state index in [9.17, 15) is 0 Å². The molecule has 1 fully saturated rings. The second-order valence-corrected chi connectivity index (χ2v) is 8.68. The van der Waals surface area contributed by atoms with Gasteiger partial charge in [-0.05, 0) is 61.1 Å². The van der Waals surface area contributed by atoms with E-state index in [4.69, 9.17) is 0 Å². The minimum Gasteiger partial charge on any atom is -0.372 e. The van der Waals surface area contributed by atoms with Gasteiger partial charge in [0, 0.05) is 35.4 Å². The van der Waals surface area contributed by atoms with Gasteiger partial charge in [0.05, 0.1) is 5.39 Å². The van der Waals surface area contributed by atoms with E-state index < -0.39 is 0 Å². The van der Waals surface area contributed by atoms with E-state index in [2.05, 4.69) is 81.0 Å². The molecule has 0 spiro atoms. The number of hydrogen-bond acceptors (Lipinski definition) is 5. The fraction of sp³-hybridized carbons (Fsp3) is 0.280. The zero-order valence-corrected chi connectivity index (χ0v) is 18.1. The van der Waals surface area contributed by atoms with Gasteiger partial charge in [0.1, 0.15) is 17.0 Å². The zero-order valence-electron chi connectivity index (χ0n) is 17.3. The number of rotatable bonds is 5. The number of hydrogen-bond donors (Lipinski definition) is 1. The number of anilines is 3. The van der Waals surface area contributed by atoms with Crippen LogP contribution in [-0.2, 0) is 6.42 Å². The summed E-state index contributed by atoms with van der Waals surface area (Å²) >= 11 is 1.67. The molecule has 4 aromatic rings. The molecule has 0 amide bonds. The summed E-state index contributed by atoms with van der Waals surface area (Å²) < 4.78 is 0. The lowest BCUT2D eigenvalue weighted by atomic mass is 10.0. The maximum absolute atomic E-state index is 4.58. The molecular formula is C25H26N4S. The van der Waals surface area contributed by atoms with Crippen LogP contribution in [0.4, 0.5) is 17.2 Å². The molecule has 3 heterocycles. The van der Waals surface area contributed by atoms with E-state index in [-0.39, 0.29) is 0 Å². The Morgan fingerprint density at radius 3 is 2.43 bits per heavy atom. The number of piperidine rings is 1. The molecule has 0 saturated carbocycles. The predicted octanol–water partition coefficient (Wildman–Crippen LogP) is 6.65. The molecule has 5 heteroatoms. The first-order chi connectivity index (χ1) is 14.8. The number of aromatic nitrogens is 2. The third-order valence-electron chi connectivity index (χ3n) is 5.89. The Balaban J connectivity index is 1.45. The van der Waals surface area contributed by atoms with Gasteiger partial charge < -0.3 is 10.2 Å². The molecule has 5 rings (SSSR count). The Morgan fingerprint density at radius 1 is 0.933 bits per heavy atom. The van der Waals surface area contributed by atoms with Crippen molar-refractivity contribution in [1.82, 2.24) is 9.97 Å². The Hall–Kier alpha value is -2.92. The molecule has 152 valence electrons. The smallest absolute Gasteiger partial charge is 0.143 e. The van der Waals surface area contributed by atoms with Gasteiger partial charge in [0.15, 0.2) is 0 Å². The number of fused-ring (bicyclic) bond motifs is 1.